The fraction of sp³-hybridized carbons (Fsp3) is 0.667. The van der Waals surface area contributed by atoms with Crippen LogP contribution in [0.15, 0.2) is 18.2 Å². The summed E-state index contributed by atoms with van der Waals surface area (Å²) in [5.41, 5.74) is 2.46. The number of ether oxygens (including phenoxy) is 1. The van der Waals surface area contributed by atoms with Crippen molar-refractivity contribution in [2.45, 2.75) is 60.1 Å². The topological polar surface area (TPSA) is 21.3 Å². The molecule has 0 amide bonds. The second-order valence-electron chi connectivity index (χ2n) is 6.71. The van der Waals surface area contributed by atoms with Crippen molar-refractivity contribution in [3.05, 3.63) is 34.3 Å². The summed E-state index contributed by atoms with van der Waals surface area (Å²) < 4.78 is 6.05. The maximum absolute atomic E-state index is 6.40. The lowest BCUT2D eigenvalue weighted by atomic mass is 9.82. The molecule has 0 fully saturated rings. The van der Waals surface area contributed by atoms with Gasteiger partial charge < -0.3 is 10.1 Å². The van der Waals surface area contributed by atoms with Gasteiger partial charge in [-0.1, -0.05) is 51.4 Å². The second kappa shape index (κ2) is 8.17. The molecule has 0 radical (unpaired) electrons. The van der Waals surface area contributed by atoms with Gasteiger partial charge in [-0.3, -0.25) is 0 Å². The zero-order valence-electron chi connectivity index (χ0n) is 14.3. The van der Waals surface area contributed by atoms with Gasteiger partial charge in [0.15, 0.2) is 0 Å². The Morgan fingerprint density at radius 3 is 2.38 bits per heavy atom. The van der Waals surface area contributed by atoms with Crippen LogP contribution in [0.1, 0.15) is 45.7 Å². The minimum atomic E-state index is 0.0834. The van der Waals surface area contributed by atoms with Crippen molar-refractivity contribution in [2.24, 2.45) is 5.41 Å². The van der Waals surface area contributed by atoms with Crippen LogP contribution in [0.2, 0.25) is 5.02 Å². The first-order valence-corrected chi connectivity index (χ1v) is 8.27. The van der Waals surface area contributed by atoms with Crippen LogP contribution < -0.4 is 5.32 Å². The van der Waals surface area contributed by atoms with Gasteiger partial charge in [-0.2, -0.15) is 0 Å². The molecule has 0 bridgehead atoms. The number of nitrogens with one attached hydrogen (secondary N) is 1. The van der Waals surface area contributed by atoms with Crippen LogP contribution >= 0.6 is 11.6 Å². The number of hydrogen-bond donors (Lipinski definition) is 1. The van der Waals surface area contributed by atoms with Crippen LogP contribution in [0, 0.1) is 12.3 Å². The fourth-order valence-corrected chi connectivity index (χ4v) is 3.06. The molecule has 120 valence electrons. The number of benzene rings is 1. The number of hydrogen-bond acceptors (Lipinski definition) is 2. The first-order chi connectivity index (χ1) is 9.79. The Morgan fingerprint density at radius 1 is 1.24 bits per heavy atom. The largest absolute Gasteiger partial charge is 0.376 e. The summed E-state index contributed by atoms with van der Waals surface area (Å²) in [7, 11) is 0. The molecule has 0 saturated carbocycles. The van der Waals surface area contributed by atoms with Gasteiger partial charge in [0, 0.05) is 17.7 Å². The van der Waals surface area contributed by atoms with Crippen LogP contribution in [-0.4, -0.2) is 25.3 Å². The Kier molecular flexibility index (Phi) is 7.19. The smallest absolute Gasteiger partial charge is 0.0779 e. The van der Waals surface area contributed by atoms with E-state index in [9.17, 15) is 0 Å². The van der Waals surface area contributed by atoms with Gasteiger partial charge in [0.05, 0.1) is 6.10 Å². The molecule has 2 unspecified atom stereocenters. The predicted octanol–water partition coefficient (Wildman–Crippen LogP) is 4.62. The molecule has 1 N–H and O–H groups in total. The van der Waals surface area contributed by atoms with Crippen LogP contribution in [0.25, 0.3) is 0 Å². The van der Waals surface area contributed by atoms with E-state index in [0.29, 0.717) is 0 Å². The lowest BCUT2D eigenvalue weighted by Crippen LogP contribution is -2.49. The van der Waals surface area contributed by atoms with Crippen LogP contribution in [0.5, 0.6) is 0 Å². The Bertz CT molecular complexity index is 439. The maximum Gasteiger partial charge on any atom is 0.0779 e. The summed E-state index contributed by atoms with van der Waals surface area (Å²) in [4.78, 5) is 0. The summed E-state index contributed by atoms with van der Waals surface area (Å²) in [5.74, 6) is 0. The van der Waals surface area contributed by atoms with E-state index >= 15 is 0 Å². The third-order valence-corrected chi connectivity index (χ3v) is 4.03. The average molecular weight is 312 g/mol. The summed E-state index contributed by atoms with van der Waals surface area (Å²) >= 11 is 6.40. The zero-order chi connectivity index (χ0) is 16.0. The highest BCUT2D eigenvalue weighted by Crippen LogP contribution is 2.28. The lowest BCUT2D eigenvalue weighted by molar-refractivity contribution is -0.0352. The number of halogens is 1. The highest BCUT2D eigenvalue weighted by Gasteiger charge is 2.32. The Balaban J connectivity index is 2.98. The van der Waals surface area contributed by atoms with Crippen molar-refractivity contribution in [2.75, 3.05) is 13.2 Å². The molecule has 1 aromatic carbocycles. The monoisotopic (exact) mass is 311 g/mol. The fourth-order valence-electron chi connectivity index (χ4n) is 2.75. The van der Waals surface area contributed by atoms with Gasteiger partial charge in [-0.05, 0) is 49.4 Å². The summed E-state index contributed by atoms with van der Waals surface area (Å²) in [6.45, 7) is 14.6. The van der Waals surface area contributed by atoms with Crippen molar-refractivity contribution < 1.29 is 4.74 Å². The molecule has 0 heterocycles. The SMILES string of the molecule is CCNC(Cc1ccc(C)cc1Cl)C(OCC)C(C)(C)C. The van der Waals surface area contributed by atoms with E-state index in [1.807, 2.05) is 6.07 Å². The number of rotatable bonds is 7. The van der Waals surface area contributed by atoms with Crippen molar-refractivity contribution >= 4 is 11.6 Å². The van der Waals surface area contributed by atoms with Crippen molar-refractivity contribution in [1.29, 1.82) is 0 Å². The maximum atomic E-state index is 6.40. The molecule has 2 nitrogen and oxygen atoms in total. The van der Waals surface area contributed by atoms with Gasteiger partial charge in [-0.25, -0.2) is 0 Å². The molecular weight excluding hydrogens is 282 g/mol. The third kappa shape index (κ3) is 5.61. The molecule has 21 heavy (non-hydrogen) atoms. The van der Waals surface area contributed by atoms with E-state index in [0.717, 1.165) is 24.6 Å². The molecule has 1 aromatic rings. The minimum Gasteiger partial charge on any atom is -0.376 e. The molecular formula is C18H30ClNO. The Morgan fingerprint density at radius 2 is 1.90 bits per heavy atom. The quantitative estimate of drug-likeness (QED) is 0.793. The molecule has 0 aromatic heterocycles. The first kappa shape index (κ1) is 18.5. The van der Waals surface area contributed by atoms with E-state index < -0.39 is 0 Å². The molecule has 0 spiro atoms. The second-order valence-corrected chi connectivity index (χ2v) is 7.11. The van der Waals surface area contributed by atoms with E-state index in [2.05, 4.69) is 59.0 Å². The van der Waals surface area contributed by atoms with E-state index in [-0.39, 0.29) is 17.6 Å². The average Bonchev–Trinajstić information content (AvgIpc) is 2.37. The Hall–Kier alpha value is -0.570. The van der Waals surface area contributed by atoms with Crippen LogP contribution in [0.3, 0.4) is 0 Å². The minimum absolute atomic E-state index is 0.0834. The molecule has 0 aliphatic carbocycles. The zero-order valence-corrected chi connectivity index (χ0v) is 15.1. The lowest BCUT2D eigenvalue weighted by Gasteiger charge is -2.37. The number of likely N-dealkylation sites (N-methyl/N-ethyl adjacent to an activating group) is 1. The van der Waals surface area contributed by atoms with Gasteiger partial charge in [0.2, 0.25) is 0 Å². The van der Waals surface area contributed by atoms with Gasteiger partial charge in [0.25, 0.3) is 0 Å². The van der Waals surface area contributed by atoms with Crippen molar-refractivity contribution in [3.8, 4) is 0 Å². The normalized spacial score (nSPS) is 15.0. The van der Waals surface area contributed by atoms with Gasteiger partial charge in [0.1, 0.15) is 0 Å². The highest BCUT2D eigenvalue weighted by molar-refractivity contribution is 6.31. The number of aryl methyl sites for hydroxylation is 1. The summed E-state index contributed by atoms with van der Waals surface area (Å²) in [6.07, 6.45) is 1.04. The first-order valence-electron chi connectivity index (χ1n) is 7.89. The molecule has 0 aliphatic heterocycles. The third-order valence-electron chi connectivity index (χ3n) is 3.68. The van der Waals surface area contributed by atoms with E-state index in [1.54, 1.807) is 0 Å². The molecule has 1 rings (SSSR count). The molecule has 0 saturated heterocycles. The highest BCUT2D eigenvalue weighted by atomic mass is 35.5. The van der Waals surface area contributed by atoms with E-state index in [1.165, 1.54) is 11.1 Å². The van der Waals surface area contributed by atoms with Crippen molar-refractivity contribution in [1.82, 2.24) is 5.32 Å². The summed E-state index contributed by atoms with van der Waals surface area (Å²) in [5, 5.41) is 4.43. The predicted molar refractivity (Wildman–Crippen MR) is 92.2 cm³/mol. The van der Waals surface area contributed by atoms with Gasteiger partial charge >= 0.3 is 0 Å². The Labute approximate surface area is 135 Å². The molecule has 3 heteroatoms. The van der Waals surface area contributed by atoms with E-state index in [4.69, 9.17) is 16.3 Å². The molecule has 0 aliphatic rings. The van der Waals surface area contributed by atoms with Crippen LogP contribution in [-0.2, 0) is 11.2 Å². The summed E-state index contributed by atoms with van der Waals surface area (Å²) in [6, 6.07) is 6.55. The molecule has 2 atom stereocenters. The van der Waals surface area contributed by atoms with Gasteiger partial charge in [-0.15, -0.1) is 0 Å². The standard InChI is InChI=1S/C18H30ClNO/c1-7-20-16(17(21-8-2)18(4,5)6)12-14-10-9-13(3)11-15(14)19/h9-11,16-17,20H,7-8,12H2,1-6H3. The van der Waals surface area contributed by atoms with Crippen molar-refractivity contribution in [3.63, 3.8) is 0 Å². The van der Waals surface area contributed by atoms with Crippen LogP contribution in [0.4, 0.5) is 0 Å².